The van der Waals surface area contributed by atoms with Crippen LogP contribution in [0.2, 0.25) is 5.02 Å². The van der Waals surface area contributed by atoms with Crippen molar-refractivity contribution in [2.24, 2.45) is 5.14 Å². The summed E-state index contributed by atoms with van der Waals surface area (Å²) >= 11 is 7.17. The van der Waals surface area contributed by atoms with Crippen molar-refractivity contribution in [2.45, 2.75) is 31.1 Å². The highest BCUT2D eigenvalue weighted by Crippen LogP contribution is 2.42. The van der Waals surface area contributed by atoms with E-state index in [2.05, 4.69) is 0 Å². The zero-order chi connectivity index (χ0) is 21.6. The van der Waals surface area contributed by atoms with Crippen molar-refractivity contribution in [3.63, 3.8) is 0 Å². The van der Waals surface area contributed by atoms with E-state index in [0.717, 1.165) is 16.9 Å². The number of primary sulfonamides is 1. The molecular formula is C21H20ClNO4S2. The molecule has 152 valence electrons. The topological polar surface area (TPSA) is 97.5 Å². The third-order valence-corrected chi connectivity index (χ3v) is 6.67. The molecule has 29 heavy (non-hydrogen) atoms. The van der Waals surface area contributed by atoms with Crippen LogP contribution in [0.5, 0.6) is 0 Å². The lowest BCUT2D eigenvalue weighted by molar-refractivity contribution is 0.0703. The summed E-state index contributed by atoms with van der Waals surface area (Å²) in [6, 6.07) is 11.9. The summed E-state index contributed by atoms with van der Waals surface area (Å²) in [6.07, 6.45) is 0. The molecule has 0 saturated carbocycles. The molecule has 5 nitrogen and oxygen atoms in total. The normalized spacial score (nSPS) is 12.2. The van der Waals surface area contributed by atoms with Crippen LogP contribution >= 0.6 is 22.9 Å². The maximum Gasteiger partial charge on any atom is 0.346 e. The van der Waals surface area contributed by atoms with E-state index in [0.29, 0.717) is 21.7 Å². The number of nitrogens with two attached hydrogens (primary N) is 1. The van der Waals surface area contributed by atoms with Crippen molar-refractivity contribution >= 4 is 38.9 Å². The molecule has 0 aliphatic rings. The minimum absolute atomic E-state index is 0.0537. The van der Waals surface area contributed by atoms with E-state index in [9.17, 15) is 18.3 Å². The Morgan fingerprint density at radius 2 is 1.72 bits per heavy atom. The molecule has 0 bridgehead atoms. The number of rotatable bonds is 4. The van der Waals surface area contributed by atoms with Crippen molar-refractivity contribution in [1.29, 1.82) is 0 Å². The van der Waals surface area contributed by atoms with E-state index in [1.54, 1.807) is 47.8 Å². The van der Waals surface area contributed by atoms with Crippen LogP contribution in [0, 0.1) is 0 Å². The summed E-state index contributed by atoms with van der Waals surface area (Å²) in [5.74, 6) is -1.12. The lowest BCUT2D eigenvalue weighted by Crippen LogP contribution is -2.18. The number of benzene rings is 2. The van der Waals surface area contributed by atoms with E-state index >= 15 is 0 Å². The smallest absolute Gasteiger partial charge is 0.346 e. The summed E-state index contributed by atoms with van der Waals surface area (Å²) in [5.41, 5.74) is 2.09. The van der Waals surface area contributed by atoms with Gasteiger partial charge in [-0.05, 0) is 52.3 Å². The van der Waals surface area contributed by atoms with Crippen LogP contribution in [-0.2, 0) is 15.4 Å². The zero-order valence-corrected chi connectivity index (χ0v) is 18.5. The van der Waals surface area contributed by atoms with Gasteiger partial charge in [-0.15, -0.1) is 11.3 Å². The highest BCUT2D eigenvalue weighted by molar-refractivity contribution is 7.89. The first-order chi connectivity index (χ1) is 13.4. The number of hydrogen-bond acceptors (Lipinski definition) is 4. The van der Waals surface area contributed by atoms with Crippen molar-refractivity contribution in [3.05, 3.63) is 63.3 Å². The van der Waals surface area contributed by atoms with Gasteiger partial charge in [0, 0.05) is 21.7 Å². The minimum atomic E-state index is -4.19. The first-order valence-electron chi connectivity index (χ1n) is 8.68. The number of halogens is 1. The number of aromatic carboxylic acids is 1. The van der Waals surface area contributed by atoms with Crippen LogP contribution in [-0.4, -0.2) is 19.5 Å². The molecule has 1 aromatic heterocycles. The van der Waals surface area contributed by atoms with E-state index in [1.165, 1.54) is 0 Å². The van der Waals surface area contributed by atoms with Crippen molar-refractivity contribution < 1.29 is 18.3 Å². The van der Waals surface area contributed by atoms with Crippen molar-refractivity contribution in [2.75, 3.05) is 0 Å². The molecule has 0 aliphatic carbocycles. The van der Waals surface area contributed by atoms with Gasteiger partial charge < -0.3 is 5.11 Å². The summed E-state index contributed by atoms with van der Waals surface area (Å²) in [4.78, 5) is 11.6. The maximum atomic E-state index is 12.7. The van der Waals surface area contributed by atoms with E-state index in [-0.39, 0.29) is 20.8 Å². The summed E-state index contributed by atoms with van der Waals surface area (Å²) in [6.45, 7) is 5.99. The van der Waals surface area contributed by atoms with E-state index in [1.807, 2.05) is 20.8 Å². The Kier molecular flexibility index (Phi) is 5.62. The van der Waals surface area contributed by atoms with Gasteiger partial charge in [0.1, 0.15) is 4.88 Å². The van der Waals surface area contributed by atoms with Crippen LogP contribution in [0.15, 0.2) is 52.7 Å². The fourth-order valence-corrected chi connectivity index (χ4v) is 5.02. The van der Waals surface area contributed by atoms with Gasteiger partial charge in [0.25, 0.3) is 0 Å². The minimum Gasteiger partial charge on any atom is -0.477 e. The Hall–Kier alpha value is -2.19. The molecule has 0 amide bonds. The Bertz CT molecular complexity index is 1210. The van der Waals surface area contributed by atoms with Gasteiger partial charge in [0.05, 0.1) is 4.90 Å². The quantitative estimate of drug-likeness (QED) is 0.558. The predicted octanol–water partition coefficient (Wildman–Crippen LogP) is 5.38. The van der Waals surface area contributed by atoms with Gasteiger partial charge in [-0.3, -0.25) is 0 Å². The Morgan fingerprint density at radius 3 is 2.28 bits per heavy atom. The molecule has 0 fully saturated rings. The summed E-state index contributed by atoms with van der Waals surface area (Å²) in [7, 11) is -4.19. The molecule has 0 saturated heterocycles. The van der Waals surface area contributed by atoms with Crippen LogP contribution in [0.25, 0.3) is 22.3 Å². The summed E-state index contributed by atoms with van der Waals surface area (Å²) < 4.78 is 25.3. The third kappa shape index (κ3) is 4.38. The molecule has 8 heteroatoms. The fourth-order valence-electron chi connectivity index (χ4n) is 3.13. The van der Waals surface area contributed by atoms with Gasteiger partial charge in [-0.25, -0.2) is 18.4 Å². The Labute approximate surface area is 178 Å². The number of carboxylic acid groups (broad SMARTS) is 1. The number of carbonyl (C=O) groups is 1. The fraction of sp³-hybridized carbons (Fsp3) is 0.190. The third-order valence-electron chi connectivity index (χ3n) is 4.52. The molecule has 0 spiro atoms. The molecule has 3 N–H and O–H groups in total. The maximum absolute atomic E-state index is 12.7. The molecule has 0 unspecified atom stereocenters. The van der Waals surface area contributed by atoms with Gasteiger partial charge in [-0.1, -0.05) is 44.5 Å². The standard InChI is InChI=1S/C21H20ClNO4S2/c1-21(2,3)13-10-16(12-5-4-6-14(22)9-12)19(29(23,26)27)17(11-13)15-7-8-28-18(15)20(24)25/h4-11H,1-3H3,(H,24,25)(H2,23,26,27). The van der Waals surface area contributed by atoms with Gasteiger partial charge in [-0.2, -0.15) is 0 Å². The first-order valence-corrected chi connectivity index (χ1v) is 11.5. The molecular weight excluding hydrogens is 430 g/mol. The number of hydrogen-bond donors (Lipinski definition) is 2. The van der Waals surface area contributed by atoms with Gasteiger partial charge in [0.2, 0.25) is 10.0 Å². The average Bonchev–Trinajstić information content (AvgIpc) is 3.09. The molecule has 1 heterocycles. The van der Waals surface area contributed by atoms with Crippen LogP contribution in [0.3, 0.4) is 0 Å². The molecule has 0 atom stereocenters. The molecule has 0 aliphatic heterocycles. The van der Waals surface area contributed by atoms with Crippen LogP contribution in [0.1, 0.15) is 36.0 Å². The SMILES string of the molecule is CC(C)(C)c1cc(-c2cccc(Cl)c2)c(S(N)(=O)=O)c(-c2ccsc2C(=O)O)c1. The molecule has 0 radical (unpaired) electrons. The highest BCUT2D eigenvalue weighted by Gasteiger charge is 2.28. The molecule has 3 aromatic rings. The zero-order valence-electron chi connectivity index (χ0n) is 16.1. The van der Waals surface area contributed by atoms with Crippen molar-refractivity contribution in [3.8, 4) is 22.3 Å². The lowest BCUT2D eigenvalue weighted by atomic mass is 9.83. The lowest BCUT2D eigenvalue weighted by Gasteiger charge is -2.24. The summed E-state index contributed by atoms with van der Waals surface area (Å²) in [5, 5.41) is 17.3. The Balaban J connectivity index is 2.51. The van der Waals surface area contributed by atoms with Crippen molar-refractivity contribution in [1.82, 2.24) is 0 Å². The second-order valence-corrected chi connectivity index (χ2v) is 10.5. The predicted molar refractivity (Wildman–Crippen MR) is 117 cm³/mol. The number of carboxylic acids is 1. The highest BCUT2D eigenvalue weighted by atomic mass is 35.5. The monoisotopic (exact) mass is 449 g/mol. The first kappa shape index (κ1) is 21.5. The average molecular weight is 450 g/mol. The molecule has 3 rings (SSSR count). The van der Waals surface area contributed by atoms with E-state index < -0.39 is 16.0 Å². The van der Waals surface area contributed by atoms with E-state index in [4.69, 9.17) is 16.7 Å². The van der Waals surface area contributed by atoms with Crippen LogP contribution in [0.4, 0.5) is 0 Å². The second kappa shape index (κ2) is 7.57. The second-order valence-electron chi connectivity index (χ2n) is 7.67. The van der Waals surface area contributed by atoms with Gasteiger partial charge in [0.15, 0.2) is 0 Å². The number of sulfonamides is 1. The van der Waals surface area contributed by atoms with Gasteiger partial charge >= 0.3 is 5.97 Å². The Morgan fingerprint density at radius 1 is 1.07 bits per heavy atom. The molecule has 2 aromatic carbocycles. The van der Waals surface area contributed by atoms with Crippen LogP contribution < -0.4 is 5.14 Å². The number of thiophene rings is 1. The largest absolute Gasteiger partial charge is 0.477 e.